The van der Waals surface area contributed by atoms with Crippen LogP contribution in [0.5, 0.6) is 0 Å². The summed E-state index contributed by atoms with van der Waals surface area (Å²) >= 11 is 6.28. The molecule has 4 rings (SSSR count). The zero-order valence-electron chi connectivity index (χ0n) is 18.7. The first kappa shape index (κ1) is 22.4. The second-order valence-electron chi connectivity index (χ2n) is 9.16. The SMILES string of the molecule is CN=C(NCC(c1cccc(Cl)c1)N1CCCC1)NC1CCN(C(=O)C2CCCC2)C1. The van der Waals surface area contributed by atoms with Crippen LogP contribution < -0.4 is 10.6 Å². The van der Waals surface area contributed by atoms with Crippen molar-refractivity contribution < 1.29 is 4.79 Å². The Morgan fingerprint density at radius 1 is 1.16 bits per heavy atom. The molecular formula is C24H36ClN5O. The van der Waals surface area contributed by atoms with E-state index in [0.717, 1.165) is 63.0 Å². The fourth-order valence-electron chi connectivity index (χ4n) is 5.32. The Labute approximate surface area is 191 Å². The number of likely N-dealkylation sites (tertiary alicyclic amines) is 2. The highest BCUT2D eigenvalue weighted by Crippen LogP contribution is 2.28. The van der Waals surface area contributed by atoms with E-state index in [1.165, 1.54) is 31.2 Å². The minimum Gasteiger partial charge on any atom is -0.354 e. The third-order valence-electron chi connectivity index (χ3n) is 7.05. The first-order valence-electron chi connectivity index (χ1n) is 11.9. The van der Waals surface area contributed by atoms with Gasteiger partial charge in [0.25, 0.3) is 0 Å². The third kappa shape index (κ3) is 5.72. The molecule has 2 saturated heterocycles. The number of guanidine groups is 1. The Morgan fingerprint density at radius 2 is 1.94 bits per heavy atom. The molecule has 170 valence electrons. The quantitative estimate of drug-likeness (QED) is 0.520. The van der Waals surface area contributed by atoms with E-state index >= 15 is 0 Å². The van der Waals surface area contributed by atoms with Crippen LogP contribution in [0.2, 0.25) is 5.02 Å². The van der Waals surface area contributed by atoms with Crippen molar-refractivity contribution in [2.45, 2.75) is 57.0 Å². The van der Waals surface area contributed by atoms with Crippen LogP contribution in [-0.4, -0.2) is 67.5 Å². The highest BCUT2D eigenvalue weighted by molar-refractivity contribution is 6.30. The molecule has 1 saturated carbocycles. The van der Waals surface area contributed by atoms with Crippen molar-refractivity contribution in [3.63, 3.8) is 0 Å². The number of hydrogen-bond donors (Lipinski definition) is 2. The maximum absolute atomic E-state index is 12.7. The minimum absolute atomic E-state index is 0.257. The van der Waals surface area contributed by atoms with E-state index in [-0.39, 0.29) is 18.0 Å². The smallest absolute Gasteiger partial charge is 0.225 e. The van der Waals surface area contributed by atoms with E-state index in [1.54, 1.807) is 0 Å². The fraction of sp³-hybridized carbons (Fsp3) is 0.667. The molecule has 1 aromatic carbocycles. The molecule has 2 unspecified atom stereocenters. The van der Waals surface area contributed by atoms with Crippen molar-refractivity contribution in [1.82, 2.24) is 20.4 Å². The van der Waals surface area contributed by atoms with E-state index in [4.69, 9.17) is 11.6 Å². The van der Waals surface area contributed by atoms with Crippen molar-refractivity contribution in [3.05, 3.63) is 34.9 Å². The summed E-state index contributed by atoms with van der Waals surface area (Å²) in [5.74, 6) is 1.43. The van der Waals surface area contributed by atoms with E-state index in [0.29, 0.717) is 5.91 Å². The molecule has 2 aliphatic heterocycles. The normalized spacial score (nSPS) is 24.0. The predicted octanol–water partition coefficient (Wildman–Crippen LogP) is 3.43. The van der Waals surface area contributed by atoms with Gasteiger partial charge in [0.15, 0.2) is 5.96 Å². The van der Waals surface area contributed by atoms with Crippen LogP contribution in [0.4, 0.5) is 0 Å². The molecule has 3 aliphatic rings. The van der Waals surface area contributed by atoms with Crippen LogP contribution in [-0.2, 0) is 4.79 Å². The average Bonchev–Trinajstić information content (AvgIpc) is 3.55. The number of aliphatic imine (C=N–C) groups is 1. The number of rotatable bonds is 6. The number of benzene rings is 1. The molecule has 3 fully saturated rings. The summed E-state index contributed by atoms with van der Waals surface area (Å²) in [7, 11) is 1.82. The molecule has 6 nitrogen and oxygen atoms in total. The van der Waals surface area contributed by atoms with Gasteiger partial charge in [-0.3, -0.25) is 14.7 Å². The van der Waals surface area contributed by atoms with Gasteiger partial charge in [-0.25, -0.2) is 0 Å². The van der Waals surface area contributed by atoms with E-state index in [9.17, 15) is 4.79 Å². The summed E-state index contributed by atoms with van der Waals surface area (Å²) in [6, 6.07) is 8.72. The lowest BCUT2D eigenvalue weighted by molar-refractivity contribution is -0.134. The Morgan fingerprint density at radius 3 is 2.65 bits per heavy atom. The third-order valence-corrected chi connectivity index (χ3v) is 7.28. The topological polar surface area (TPSA) is 60.0 Å². The summed E-state index contributed by atoms with van der Waals surface area (Å²) < 4.78 is 0. The summed E-state index contributed by atoms with van der Waals surface area (Å²) in [6.45, 7) is 4.64. The Balaban J connectivity index is 1.32. The second-order valence-corrected chi connectivity index (χ2v) is 9.60. The number of carbonyl (C=O) groups excluding carboxylic acids is 1. The molecule has 7 heteroatoms. The van der Waals surface area contributed by atoms with E-state index < -0.39 is 0 Å². The number of hydrogen-bond acceptors (Lipinski definition) is 3. The van der Waals surface area contributed by atoms with Crippen LogP contribution in [0.15, 0.2) is 29.3 Å². The molecule has 0 bridgehead atoms. The van der Waals surface area contributed by atoms with Crippen molar-refractivity contribution in [2.75, 3.05) is 39.8 Å². The molecule has 1 aliphatic carbocycles. The van der Waals surface area contributed by atoms with Gasteiger partial charge in [0.05, 0.1) is 6.04 Å². The van der Waals surface area contributed by atoms with Crippen molar-refractivity contribution in [1.29, 1.82) is 0 Å². The molecule has 2 heterocycles. The maximum Gasteiger partial charge on any atom is 0.225 e. The molecule has 0 aromatic heterocycles. The Bertz CT molecular complexity index is 773. The van der Waals surface area contributed by atoms with Crippen LogP contribution in [0.1, 0.15) is 56.6 Å². The molecule has 31 heavy (non-hydrogen) atoms. The van der Waals surface area contributed by atoms with Crippen LogP contribution in [0.3, 0.4) is 0 Å². The Kier molecular flexibility index (Phi) is 7.72. The van der Waals surface area contributed by atoms with Gasteiger partial charge in [0, 0.05) is 43.7 Å². The molecular weight excluding hydrogens is 410 g/mol. The largest absolute Gasteiger partial charge is 0.354 e. The van der Waals surface area contributed by atoms with Gasteiger partial charge in [-0.1, -0.05) is 36.6 Å². The van der Waals surface area contributed by atoms with Crippen molar-refractivity contribution in [2.24, 2.45) is 10.9 Å². The van der Waals surface area contributed by atoms with Gasteiger partial charge >= 0.3 is 0 Å². The minimum atomic E-state index is 0.257. The van der Waals surface area contributed by atoms with Gasteiger partial charge < -0.3 is 15.5 Å². The Hall–Kier alpha value is -1.79. The summed E-state index contributed by atoms with van der Waals surface area (Å²) in [4.78, 5) is 21.8. The molecule has 2 N–H and O–H groups in total. The maximum atomic E-state index is 12.7. The highest BCUT2D eigenvalue weighted by Gasteiger charge is 2.32. The standard InChI is InChI=1S/C24H36ClN5O/c1-26-24(28-21-11-14-30(17-21)23(31)18-7-2-3-8-18)27-16-22(29-12-4-5-13-29)19-9-6-10-20(25)15-19/h6,9-10,15,18,21-22H,2-5,7-8,11-14,16-17H2,1H3,(H2,26,27,28). The number of amides is 1. The molecule has 1 aromatic rings. The summed E-state index contributed by atoms with van der Waals surface area (Å²) in [6.07, 6.45) is 8.01. The summed E-state index contributed by atoms with van der Waals surface area (Å²) in [5.41, 5.74) is 1.24. The zero-order valence-corrected chi connectivity index (χ0v) is 19.4. The van der Waals surface area contributed by atoms with Gasteiger partial charge in [0.2, 0.25) is 5.91 Å². The van der Waals surface area contributed by atoms with Crippen molar-refractivity contribution >= 4 is 23.5 Å². The van der Waals surface area contributed by atoms with Gasteiger partial charge in [-0.05, 0) is 62.9 Å². The molecule has 1 amide bonds. The van der Waals surface area contributed by atoms with Gasteiger partial charge in [-0.2, -0.15) is 0 Å². The number of halogens is 1. The molecule has 2 atom stereocenters. The zero-order chi connectivity index (χ0) is 21.6. The number of carbonyl (C=O) groups is 1. The number of nitrogens with one attached hydrogen (secondary N) is 2. The van der Waals surface area contributed by atoms with Crippen LogP contribution in [0, 0.1) is 5.92 Å². The summed E-state index contributed by atoms with van der Waals surface area (Å²) in [5, 5.41) is 7.87. The lowest BCUT2D eigenvalue weighted by atomic mass is 10.1. The number of nitrogens with zero attached hydrogens (tertiary/aromatic N) is 3. The first-order chi connectivity index (χ1) is 15.1. The van der Waals surface area contributed by atoms with Gasteiger partial charge in [0.1, 0.15) is 0 Å². The monoisotopic (exact) mass is 445 g/mol. The first-order valence-corrected chi connectivity index (χ1v) is 12.3. The van der Waals surface area contributed by atoms with Crippen LogP contribution >= 0.6 is 11.6 Å². The second kappa shape index (κ2) is 10.7. The average molecular weight is 446 g/mol. The molecule has 0 spiro atoms. The fourth-order valence-corrected chi connectivity index (χ4v) is 5.51. The lowest BCUT2D eigenvalue weighted by Gasteiger charge is -2.29. The van der Waals surface area contributed by atoms with Crippen LogP contribution in [0.25, 0.3) is 0 Å². The highest BCUT2D eigenvalue weighted by atomic mass is 35.5. The van der Waals surface area contributed by atoms with Gasteiger partial charge in [-0.15, -0.1) is 0 Å². The van der Waals surface area contributed by atoms with E-state index in [2.05, 4.69) is 37.6 Å². The van der Waals surface area contributed by atoms with E-state index in [1.807, 2.05) is 19.2 Å². The molecule has 0 radical (unpaired) electrons. The lowest BCUT2D eigenvalue weighted by Crippen LogP contribution is -2.47. The van der Waals surface area contributed by atoms with Crippen molar-refractivity contribution in [3.8, 4) is 0 Å². The predicted molar refractivity (Wildman–Crippen MR) is 126 cm³/mol.